The number of hydrogen-bond donors (Lipinski definition) is 1. The molecule has 0 atom stereocenters. The number of nitrogens with one attached hydrogen (secondary N) is 1. The average Bonchev–Trinajstić information content (AvgIpc) is 2.39. The van der Waals surface area contributed by atoms with Gasteiger partial charge in [0, 0.05) is 24.4 Å². The van der Waals surface area contributed by atoms with Gasteiger partial charge in [0.05, 0.1) is 4.92 Å². The number of nitrogens with zero attached hydrogens (tertiary/aromatic N) is 1. The predicted octanol–water partition coefficient (Wildman–Crippen LogP) is 4.12. The van der Waals surface area contributed by atoms with Crippen molar-refractivity contribution in [2.24, 2.45) is 5.92 Å². The molecule has 104 valence electrons. The van der Waals surface area contributed by atoms with Gasteiger partial charge >= 0.3 is 5.69 Å². The Bertz CT molecular complexity index is 445. The summed E-state index contributed by atoms with van der Waals surface area (Å²) in [6.07, 6.45) is 7.64. The van der Waals surface area contributed by atoms with Crippen LogP contribution in [0.5, 0.6) is 0 Å². The lowest BCUT2D eigenvalue weighted by Gasteiger charge is -2.21. The lowest BCUT2D eigenvalue weighted by atomic mass is 9.87. The first kappa shape index (κ1) is 13.8. The van der Waals surface area contributed by atoms with Crippen molar-refractivity contribution in [1.29, 1.82) is 0 Å². The molecule has 19 heavy (non-hydrogen) atoms. The number of hydrogen-bond acceptors (Lipinski definition) is 3. The minimum absolute atomic E-state index is 0.474. The van der Waals surface area contributed by atoms with Crippen molar-refractivity contribution < 1.29 is 9.31 Å². The molecule has 0 aliphatic heterocycles. The van der Waals surface area contributed by atoms with E-state index in [1.807, 2.05) is 0 Å². The first-order chi connectivity index (χ1) is 9.16. The molecular formula is C14H19FN2O2. The molecule has 4 nitrogen and oxygen atoms in total. The van der Waals surface area contributed by atoms with Crippen LogP contribution in [0.4, 0.5) is 15.8 Å². The fourth-order valence-corrected chi connectivity index (χ4v) is 2.66. The molecule has 1 aromatic carbocycles. The van der Waals surface area contributed by atoms with Crippen molar-refractivity contribution in [1.82, 2.24) is 0 Å². The Balaban J connectivity index is 1.82. The summed E-state index contributed by atoms with van der Waals surface area (Å²) in [6, 6.07) is 3.96. The van der Waals surface area contributed by atoms with Crippen LogP contribution in [-0.2, 0) is 0 Å². The van der Waals surface area contributed by atoms with E-state index < -0.39 is 16.4 Å². The van der Waals surface area contributed by atoms with E-state index >= 15 is 0 Å². The highest BCUT2D eigenvalue weighted by atomic mass is 19.1. The molecule has 1 N–H and O–H groups in total. The third kappa shape index (κ3) is 3.91. The Labute approximate surface area is 112 Å². The summed E-state index contributed by atoms with van der Waals surface area (Å²) >= 11 is 0. The molecule has 0 heterocycles. The fraction of sp³-hybridized carbons (Fsp3) is 0.571. The minimum Gasteiger partial charge on any atom is -0.385 e. The van der Waals surface area contributed by atoms with Crippen molar-refractivity contribution in [3.8, 4) is 0 Å². The first-order valence-electron chi connectivity index (χ1n) is 6.84. The van der Waals surface area contributed by atoms with Gasteiger partial charge in [-0.25, -0.2) is 0 Å². The second-order valence-corrected chi connectivity index (χ2v) is 5.14. The number of nitro groups is 1. The van der Waals surface area contributed by atoms with E-state index in [2.05, 4.69) is 5.32 Å². The summed E-state index contributed by atoms with van der Waals surface area (Å²) in [5, 5.41) is 13.6. The quantitative estimate of drug-likeness (QED) is 0.644. The molecule has 1 aliphatic rings. The van der Waals surface area contributed by atoms with Crippen molar-refractivity contribution in [3.63, 3.8) is 0 Å². The number of nitro benzene ring substituents is 1. The molecular weight excluding hydrogens is 247 g/mol. The summed E-state index contributed by atoms with van der Waals surface area (Å²) < 4.78 is 13.4. The second kappa shape index (κ2) is 6.50. The summed E-state index contributed by atoms with van der Waals surface area (Å²) in [7, 11) is 0. The van der Waals surface area contributed by atoms with Crippen molar-refractivity contribution in [2.45, 2.75) is 38.5 Å². The SMILES string of the molecule is O=[N+]([O-])c1ccc(NCCC2CCCCC2)cc1F. The van der Waals surface area contributed by atoms with E-state index in [-0.39, 0.29) is 0 Å². The van der Waals surface area contributed by atoms with Crippen LogP contribution in [0.3, 0.4) is 0 Å². The standard InChI is InChI=1S/C14H19FN2O2/c15-13-10-12(6-7-14(13)17(18)19)16-9-8-11-4-2-1-3-5-11/h6-7,10-11,16H,1-5,8-9H2. The van der Waals surface area contributed by atoms with E-state index in [1.54, 1.807) is 6.07 Å². The van der Waals surface area contributed by atoms with Gasteiger partial charge in [-0.3, -0.25) is 10.1 Å². The molecule has 0 amide bonds. The number of benzene rings is 1. The molecule has 1 aliphatic carbocycles. The molecule has 0 bridgehead atoms. The van der Waals surface area contributed by atoms with E-state index in [0.29, 0.717) is 5.69 Å². The maximum atomic E-state index is 13.4. The number of anilines is 1. The van der Waals surface area contributed by atoms with Crippen molar-refractivity contribution in [3.05, 3.63) is 34.1 Å². The Kier molecular flexibility index (Phi) is 4.71. The summed E-state index contributed by atoms with van der Waals surface area (Å²) in [5.41, 5.74) is 0.136. The van der Waals surface area contributed by atoms with Crippen molar-refractivity contribution in [2.75, 3.05) is 11.9 Å². The maximum absolute atomic E-state index is 13.4. The van der Waals surface area contributed by atoms with Crippen LogP contribution in [0.25, 0.3) is 0 Å². The molecule has 0 aromatic heterocycles. The molecule has 5 heteroatoms. The molecule has 1 saturated carbocycles. The highest BCUT2D eigenvalue weighted by molar-refractivity contribution is 5.49. The lowest BCUT2D eigenvalue weighted by molar-refractivity contribution is -0.387. The van der Waals surface area contributed by atoms with Crippen LogP contribution in [0, 0.1) is 21.8 Å². The summed E-state index contributed by atoms with van der Waals surface area (Å²) in [6.45, 7) is 0.794. The van der Waals surface area contributed by atoms with Crippen LogP contribution in [0.1, 0.15) is 38.5 Å². The second-order valence-electron chi connectivity index (χ2n) is 5.14. The van der Waals surface area contributed by atoms with E-state index in [0.717, 1.165) is 18.9 Å². The van der Waals surface area contributed by atoms with Crippen molar-refractivity contribution >= 4 is 11.4 Å². The lowest BCUT2D eigenvalue weighted by Crippen LogP contribution is -2.12. The van der Waals surface area contributed by atoms with Gasteiger partial charge in [0.15, 0.2) is 0 Å². The summed E-state index contributed by atoms with van der Waals surface area (Å²) in [4.78, 5) is 9.79. The molecule has 1 aromatic rings. The molecule has 0 radical (unpaired) electrons. The third-order valence-corrected chi connectivity index (χ3v) is 3.75. The highest BCUT2D eigenvalue weighted by Gasteiger charge is 2.15. The number of halogens is 1. The first-order valence-corrected chi connectivity index (χ1v) is 6.84. The Morgan fingerprint density at radius 2 is 2.05 bits per heavy atom. The van der Waals surface area contributed by atoms with Crippen LogP contribution in [0.15, 0.2) is 18.2 Å². The van der Waals surface area contributed by atoms with Crippen LogP contribution < -0.4 is 5.32 Å². The fourth-order valence-electron chi connectivity index (χ4n) is 2.66. The normalized spacial score (nSPS) is 16.3. The Morgan fingerprint density at radius 3 is 2.68 bits per heavy atom. The number of rotatable bonds is 5. The Morgan fingerprint density at radius 1 is 1.32 bits per heavy atom. The maximum Gasteiger partial charge on any atom is 0.304 e. The van der Waals surface area contributed by atoms with E-state index in [1.165, 1.54) is 44.2 Å². The third-order valence-electron chi connectivity index (χ3n) is 3.75. The topological polar surface area (TPSA) is 55.2 Å². The van der Waals surface area contributed by atoms with Gasteiger partial charge in [0.2, 0.25) is 5.82 Å². The van der Waals surface area contributed by atoms with Gasteiger partial charge in [0.25, 0.3) is 0 Å². The van der Waals surface area contributed by atoms with Crippen LogP contribution in [-0.4, -0.2) is 11.5 Å². The molecule has 1 fully saturated rings. The predicted molar refractivity (Wildman–Crippen MR) is 72.7 cm³/mol. The zero-order valence-corrected chi connectivity index (χ0v) is 10.9. The Hall–Kier alpha value is -1.65. The molecule has 0 saturated heterocycles. The molecule has 2 rings (SSSR count). The zero-order chi connectivity index (χ0) is 13.7. The summed E-state index contributed by atoms with van der Waals surface area (Å²) in [5.74, 6) is -0.0168. The van der Waals surface area contributed by atoms with E-state index in [9.17, 15) is 14.5 Å². The largest absolute Gasteiger partial charge is 0.385 e. The van der Waals surface area contributed by atoms with Crippen LogP contribution >= 0.6 is 0 Å². The van der Waals surface area contributed by atoms with Gasteiger partial charge in [-0.2, -0.15) is 4.39 Å². The minimum atomic E-state index is -0.785. The van der Waals surface area contributed by atoms with Gasteiger partial charge in [-0.05, 0) is 18.4 Å². The van der Waals surface area contributed by atoms with Gasteiger partial charge in [0.1, 0.15) is 0 Å². The molecule has 0 unspecified atom stereocenters. The van der Waals surface area contributed by atoms with Gasteiger partial charge in [-0.15, -0.1) is 0 Å². The highest BCUT2D eigenvalue weighted by Crippen LogP contribution is 2.26. The van der Waals surface area contributed by atoms with E-state index in [4.69, 9.17) is 0 Å². The zero-order valence-electron chi connectivity index (χ0n) is 10.9. The monoisotopic (exact) mass is 266 g/mol. The molecule has 0 spiro atoms. The van der Waals surface area contributed by atoms with Gasteiger partial charge in [-0.1, -0.05) is 32.1 Å². The van der Waals surface area contributed by atoms with Crippen LogP contribution in [0.2, 0.25) is 0 Å². The van der Waals surface area contributed by atoms with Gasteiger partial charge < -0.3 is 5.32 Å². The average molecular weight is 266 g/mol. The smallest absolute Gasteiger partial charge is 0.304 e.